The molecule has 0 amide bonds. The first-order valence-electron chi connectivity index (χ1n) is 6.61. The second-order valence-electron chi connectivity index (χ2n) is 5.07. The normalized spacial score (nSPS) is 10.7. The molecule has 3 heteroatoms. The largest absolute Gasteiger partial charge is 0.398 e. The van der Waals surface area contributed by atoms with Crippen molar-refractivity contribution in [1.29, 1.82) is 0 Å². The first-order chi connectivity index (χ1) is 9.65. The molecule has 20 heavy (non-hydrogen) atoms. The van der Waals surface area contributed by atoms with Crippen molar-refractivity contribution in [2.24, 2.45) is 0 Å². The highest BCUT2D eigenvalue weighted by Crippen LogP contribution is 2.30. The van der Waals surface area contributed by atoms with Crippen LogP contribution in [0.15, 0.2) is 48.8 Å². The first-order valence-corrected chi connectivity index (χ1v) is 6.61. The van der Waals surface area contributed by atoms with Gasteiger partial charge in [0.05, 0.1) is 0 Å². The third-order valence-electron chi connectivity index (χ3n) is 3.51. The average molecular weight is 263 g/mol. The van der Waals surface area contributed by atoms with E-state index in [4.69, 9.17) is 5.73 Å². The molecule has 0 aliphatic rings. The van der Waals surface area contributed by atoms with Gasteiger partial charge >= 0.3 is 0 Å². The van der Waals surface area contributed by atoms with Gasteiger partial charge in [0.25, 0.3) is 0 Å². The third-order valence-corrected chi connectivity index (χ3v) is 3.51. The predicted molar refractivity (Wildman–Crippen MR) is 85.4 cm³/mol. The van der Waals surface area contributed by atoms with Gasteiger partial charge in [-0.25, -0.2) is 0 Å². The fourth-order valence-electron chi connectivity index (χ4n) is 2.34. The van der Waals surface area contributed by atoms with Crippen molar-refractivity contribution in [2.75, 3.05) is 11.1 Å². The number of aryl methyl sites for hydroxylation is 2. The summed E-state index contributed by atoms with van der Waals surface area (Å²) in [5.41, 5.74) is 11.4. The van der Waals surface area contributed by atoms with E-state index < -0.39 is 0 Å². The fourth-order valence-corrected chi connectivity index (χ4v) is 2.34. The lowest BCUT2D eigenvalue weighted by Gasteiger charge is -2.13. The molecule has 0 atom stereocenters. The van der Waals surface area contributed by atoms with E-state index in [1.165, 1.54) is 11.1 Å². The lowest BCUT2D eigenvalue weighted by molar-refractivity contribution is 1.36. The van der Waals surface area contributed by atoms with E-state index in [9.17, 15) is 0 Å². The number of aromatic nitrogens is 1. The quantitative estimate of drug-likeness (QED) is 0.682. The minimum absolute atomic E-state index is 0.750. The summed E-state index contributed by atoms with van der Waals surface area (Å²) in [6.45, 7) is 4.19. The smallest absolute Gasteiger partial charge is 0.0466 e. The Labute approximate surface area is 118 Å². The summed E-state index contributed by atoms with van der Waals surface area (Å²) in [4.78, 5) is 4.15. The van der Waals surface area contributed by atoms with E-state index in [0.717, 1.165) is 27.8 Å². The van der Waals surface area contributed by atoms with Crippen LogP contribution < -0.4 is 11.1 Å². The van der Waals surface area contributed by atoms with Gasteiger partial charge in [-0.3, -0.25) is 4.98 Å². The number of nitrogens with two attached hydrogens (primary N) is 1. The van der Waals surface area contributed by atoms with Crippen molar-refractivity contribution in [1.82, 2.24) is 4.98 Å². The molecule has 1 heterocycles. The van der Waals surface area contributed by atoms with Gasteiger partial charge in [-0.05, 0) is 49.2 Å². The molecule has 2 aromatic carbocycles. The molecule has 0 bridgehead atoms. The van der Waals surface area contributed by atoms with Crippen LogP contribution >= 0.6 is 0 Å². The molecule has 0 aliphatic carbocycles. The van der Waals surface area contributed by atoms with Gasteiger partial charge in [-0.15, -0.1) is 0 Å². The summed E-state index contributed by atoms with van der Waals surface area (Å²) in [6, 6.07) is 12.3. The Bertz CT molecular complexity index is 778. The molecular formula is C17H17N3. The second-order valence-corrected chi connectivity index (χ2v) is 5.07. The van der Waals surface area contributed by atoms with Gasteiger partial charge in [-0.1, -0.05) is 12.1 Å². The number of nitrogens with zero attached hydrogens (tertiary/aromatic N) is 1. The first kappa shape index (κ1) is 12.5. The Morgan fingerprint density at radius 3 is 2.65 bits per heavy atom. The highest BCUT2D eigenvalue weighted by Gasteiger charge is 2.06. The number of anilines is 3. The van der Waals surface area contributed by atoms with Crippen LogP contribution in [0, 0.1) is 13.8 Å². The van der Waals surface area contributed by atoms with Crippen molar-refractivity contribution < 1.29 is 0 Å². The fraction of sp³-hybridized carbons (Fsp3) is 0.118. The van der Waals surface area contributed by atoms with Crippen molar-refractivity contribution in [2.45, 2.75) is 13.8 Å². The van der Waals surface area contributed by atoms with Gasteiger partial charge in [0, 0.05) is 40.2 Å². The van der Waals surface area contributed by atoms with E-state index in [-0.39, 0.29) is 0 Å². The molecule has 3 rings (SSSR count). The number of fused-ring (bicyclic) bond motifs is 1. The van der Waals surface area contributed by atoms with Crippen LogP contribution in [0.4, 0.5) is 17.1 Å². The average Bonchev–Trinajstić information content (AvgIpc) is 2.46. The van der Waals surface area contributed by atoms with E-state index in [2.05, 4.69) is 42.3 Å². The number of nitrogens with one attached hydrogen (secondary N) is 1. The molecule has 3 nitrogen and oxygen atoms in total. The van der Waals surface area contributed by atoms with E-state index in [0.29, 0.717) is 0 Å². The second kappa shape index (κ2) is 4.85. The molecule has 3 aromatic rings. The zero-order valence-electron chi connectivity index (χ0n) is 11.6. The lowest BCUT2D eigenvalue weighted by Crippen LogP contribution is -1.96. The molecular weight excluding hydrogens is 246 g/mol. The summed E-state index contributed by atoms with van der Waals surface area (Å²) in [5.74, 6) is 0. The van der Waals surface area contributed by atoms with Gasteiger partial charge in [0.2, 0.25) is 0 Å². The standard InChI is InChI=1S/C17H17N3/c1-11-3-4-12(2)17(9-11)20-16-6-5-15(18)14-10-19-8-7-13(14)16/h3-10,20H,18H2,1-2H3. The van der Waals surface area contributed by atoms with Gasteiger partial charge in [0.15, 0.2) is 0 Å². The highest BCUT2D eigenvalue weighted by atomic mass is 14.9. The Kier molecular flexibility index (Phi) is 3.03. The summed E-state index contributed by atoms with van der Waals surface area (Å²) in [6.07, 6.45) is 3.59. The van der Waals surface area contributed by atoms with E-state index in [1.807, 2.05) is 18.2 Å². The van der Waals surface area contributed by atoms with Gasteiger partial charge < -0.3 is 11.1 Å². The summed E-state index contributed by atoms with van der Waals surface area (Å²) >= 11 is 0. The minimum atomic E-state index is 0.750. The zero-order chi connectivity index (χ0) is 14.1. The van der Waals surface area contributed by atoms with Crippen LogP contribution in [0.5, 0.6) is 0 Å². The zero-order valence-corrected chi connectivity index (χ0v) is 11.6. The Hall–Kier alpha value is -2.55. The summed E-state index contributed by atoms with van der Waals surface area (Å²) < 4.78 is 0. The molecule has 0 spiro atoms. The van der Waals surface area contributed by atoms with Crippen LogP contribution in [-0.2, 0) is 0 Å². The molecule has 0 saturated carbocycles. The summed E-state index contributed by atoms with van der Waals surface area (Å²) in [5, 5.41) is 5.56. The van der Waals surface area contributed by atoms with Gasteiger partial charge in [0.1, 0.15) is 0 Å². The molecule has 0 saturated heterocycles. The molecule has 0 unspecified atom stereocenters. The van der Waals surface area contributed by atoms with Crippen LogP contribution in [0.25, 0.3) is 10.8 Å². The number of pyridine rings is 1. The number of hydrogen-bond donors (Lipinski definition) is 2. The Morgan fingerprint density at radius 2 is 1.80 bits per heavy atom. The van der Waals surface area contributed by atoms with Crippen LogP contribution in [0.2, 0.25) is 0 Å². The molecule has 100 valence electrons. The van der Waals surface area contributed by atoms with Crippen LogP contribution in [-0.4, -0.2) is 4.98 Å². The maximum atomic E-state index is 6.00. The maximum absolute atomic E-state index is 6.00. The third kappa shape index (κ3) is 2.18. The Balaban J connectivity index is 2.11. The van der Waals surface area contributed by atoms with E-state index >= 15 is 0 Å². The summed E-state index contributed by atoms with van der Waals surface area (Å²) in [7, 11) is 0. The molecule has 1 aromatic heterocycles. The number of nitrogen functional groups attached to an aromatic ring is 1. The van der Waals surface area contributed by atoms with Crippen molar-refractivity contribution in [3.05, 3.63) is 59.9 Å². The lowest BCUT2D eigenvalue weighted by atomic mass is 10.1. The topological polar surface area (TPSA) is 50.9 Å². The number of rotatable bonds is 2. The molecule has 0 radical (unpaired) electrons. The molecule has 3 N–H and O–H groups in total. The molecule has 0 aliphatic heterocycles. The van der Waals surface area contributed by atoms with E-state index in [1.54, 1.807) is 12.4 Å². The predicted octanol–water partition coefficient (Wildman–Crippen LogP) is 4.18. The van der Waals surface area contributed by atoms with Crippen LogP contribution in [0.3, 0.4) is 0 Å². The highest BCUT2D eigenvalue weighted by molar-refractivity contribution is 6.01. The van der Waals surface area contributed by atoms with Crippen molar-refractivity contribution in [3.8, 4) is 0 Å². The molecule has 0 fully saturated rings. The SMILES string of the molecule is Cc1ccc(C)c(Nc2ccc(N)c3cnccc23)c1. The monoisotopic (exact) mass is 263 g/mol. The van der Waals surface area contributed by atoms with Crippen LogP contribution in [0.1, 0.15) is 11.1 Å². The number of hydrogen-bond acceptors (Lipinski definition) is 3. The van der Waals surface area contributed by atoms with Gasteiger partial charge in [-0.2, -0.15) is 0 Å². The number of benzene rings is 2. The van der Waals surface area contributed by atoms with Crippen molar-refractivity contribution >= 4 is 27.8 Å². The Morgan fingerprint density at radius 1 is 0.950 bits per heavy atom. The van der Waals surface area contributed by atoms with Crippen molar-refractivity contribution in [3.63, 3.8) is 0 Å². The maximum Gasteiger partial charge on any atom is 0.0466 e. The minimum Gasteiger partial charge on any atom is -0.398 e.